The number of methoxy groups -OCH3 is 1. The Morgan fingerprint density at radius 3 is 2.54 bits per heavy atom. The number of nitrogens with zero attached hydrogens (tertiary/aromatic N) is 3. The van der Waals surface area contributed by atoms with Crippen LogP contribution in [0.1, 0.15) is 34.5 Å². The van der Waals surface area contributed by atoms with Crippen molar-refractivity contribution in [1.82, 2.24) is 14.8 Å². The minimum absolute atomic E-state index is 0.141. The Morgan fingerprint density at radius 1 is 1.11 bits per heavy atom. The molecule has 0 aliphatic carbocycles. The zero-order valence-electron chi connectivity index (χ0n) is 20.9. The van der Waals surface area contributed by atoms with Crippen LogP contribution in [0.3, 0.4) is 0 Å². The molecular formula is C29H35N3O2S. The van der Waals surface area contributed by atoms with E-state index in [4.69, 9.17) is 4.74 Å². The monoisotopic (exact) mass is 489 g/mol. The van der Waals surface area contributed by atoms with E-state index >= 15 is 0 Å². The molecule has 1 fully saturated rings. The van der Waals surface area contributed by atoms with Gasteiger partial charge in [-0.25, -0.2) is 0 Å². The van der Waals surface area contributed by atoms with E-state index in [1.165, 1.54) is 10.5 Å². The number of ether oxygens (including phenoxy) is 1. The fourth-order valence-corrected chi connectivity index (χ4v) is 5.40. The molecule has 184 valence electrons. The molecule has 3 aromatic rings. The van der Waals surface area contributed by atoms with Gasteiger partial charge in [-0.05, 0) is 92.6 Å². The predicted octanol–water partition coefficient (Wildman–Crippen LogP) is 5.41. The van der Waals surface area contributed by atoms with Gasteiger partial charge >= 0.3 is 0 Å². The quantitative estimate of drug-likeness (QED) is 0.376. The van der Waals surface area contributed by atoms with Crippen molar-refractivity contribution in [2.24, 2.45) is 5.92 Å². The lowest BCUT2D eigenvalue weighted by atomic mass is 9.84. The molecule has 4 rings (SSSR count). The highest BCUT2D eigenvalue weighted by Gasteiger charge is 2.31. The topological polar surface area (TPSA) is 45.7 Å². The molecule has 6 heteroatoms. The number of pyridine rings is 1. The number of carbonyl (C=O) groups excluding carboxylic acids is 1. The zero-order valence-corrected chi connectivity index (χ0v) is 21.7. The van der Waals surface area contributed by atoms with Crippen molar-refractivity contribution >= 4 is 17.7 Å². The van der Waals surface area contributed by atoms with Gasteiger partial charge in [0.2, 0.25) is 0 Å². The van der Waals surface area contributed by atoms with Gasteiger partial charge in [0, 0.05) is 42.3 Å². The number of thioether (sulfide) groups is 1. The van der Waals surface area contributed by atoms with Crippen molar-refractivity contribution in [3.8, 4) is 5.75 Å². The van der Waals surface area contributed by atoms with Crippen molar-refractivity contribution in [2.75, 3.05) is 33.5 Å². The van der Waals surface area contributed by atoms with Crippen molar-refractivity contribution in [3.05, 3.63) is 89.7 Å². The Balaban J connectivity index is 1.46. The van der Waals surface area contributed by atoms with Gasteiger partial charge in [0.1, 0.15) is 5.75 Å². The highest BCUT2D eigenvalue weighted by molar-refractivity contribution is 7.98. The molecule has 1 unspecified atom stereocenters. The van der Waals surface area contributed by atoms with E-state index in [2.05, 4.69) is 47.5 Å². The van der Waals surface area contributed by atoms with Gasteiger partial charge in [0.15, 0.2) is 0 Å². The van der Waals surface area contributed by atoms with E-state index in [1.807, 2.05) is 53.6 Å². The standard InChI is InChI=1S/C29H35N3O2S/c1-31(21-25-8-4-5-16-30-25)28(20-22-7-6-9-26(19-22)34-2)23-14-17-32(18-15-23)29(33)24-10-12-27(35-3)13-11-24/h4-13,16,19,23,28H,14-15,17-18,20-21H2,1-3H3. The van der Waals surface area contributed by atoms with Crippen LogP contribution in [0, 0.1) is 5.92 Å². The summed E-state index contributed by atoms with van der Waals surface area (Å²) in [5.74, 6) is 1.53. The fourth-order valence-electron chi connectivity index (χ4n) is 4.99. The van der Waals surface area contributed by atoms with Gasteiger partial charge in [-0.2, -0.15) is 0 Å². The van der Waals surface area contributed by atoms with Crippen LogP contribution < -0.4 is 4.74 Å². The van der Waals surface area contributed by atoms with Gasteiger partial charge in [-0.1, -0.05) is 18.2 Å². The minimum atomic E-state index is 0.141. The smallest absolute Gasteiger partial charge is 0.253 e. The minimum Gasteiger partial charge on any atom is -0.497 e. The van der Waals surface area contributed by atoms with Gasteiger partial charge in [-0.15, -0.1) is 11.8 Å². The molecular weight excluding hydrogens is 454 g/mol. The summed E-state index contributed by atoms with van der Waals surface area (Å²) in [6.45, 7) is 2.38. The molecule has 0 saturated carbocycles. The van der Waals surface area contributed by atoms with Gasteiger partial charge in [0.05, 0.1) is 12.8 Å². The van der Waals surface area contributed by atoms with Crippen molar-refractivity contribution < 1.29 is 9.53 Å². The average Bonchev–Trinajstić information content (AvgIpc) is 2.92. The van der Waals surface area contributed by atoms with Crippen LogP contribution in [0.25, 0.3) is 0 Å². The number of hydrogen-bond donors (Lipinski definition) is 0. The predicted molar refractivity (Wildman–Crippen MR) is 143 cm³/mol. The maximum Gasteiger partial charge on any atom is 0.253 e. The zero-order chi connectivity index (χ0) is 24.6. The molecule has 2 aromatic carbocycles. The van der Waals surface area contributed by atoms with E-state index in [0.29, 0.717) is 12.0 Å². The second-order valence-corrected chi connectivity index (χ2v) is 10.1. The van der Waals surface area contributed by atoms with E-state index < -0.39 is 0 Å². The number of amides is 1. The highest BCUT2D eigenvalue weighted by atomic mass is 32.2. The highest BCUT2D eigenvalue weighted by Crippen LogP contribution is 2.29. The summed E-state index contributed by atoms with van der Waals surface area (Å²) in [5.41, 5.74) is 3.13. The molecule has 0 radical (unpaired) electrons. The number of carbonyl (C=O) groups is 1. The molecule has 0 N–H and O–H groups in total. The van der Waals surface area contributed by atoms with Crippen LogP contribution in [0.4, 0.5) is 0 Å². The van der Waals surface area contributed by atoms with Crippen LogP contribution in [0.5, 0.6) is 5.75 Å². The molecule has 1 aliphatic heterocycles. The number of piperidine rings is 1. The van der Waals surface area contributed by atoms with Gasteiger partial charge < -0.3 is 9.64 Å². The maximum atomic E-state index is 13.1. The first-order valence-corrected chi connectivity index (χ1v) is 13.5. The van der Waals surface area contributed by atoms with Crippen molar-refractivity contribution in [2.45, 2.75) is 36.7 Å². The van der Waals surface area contributed by atoms with Crippen molar-refractivity contribution in [3.63, 3.8) is 0 Å². The Hall–Kier alpha value is -2.83. The molecule has 1 saturated heterocycles. The van der Waals surface area contributed by atoms with E-state index in [0.717, 1.165) is 55.9 Å². The molecule has 1 aromatic heterocycles. The number of benzene rings is 2. The molecule has 1 atom stereocenters. The number of hydrogen-bond acceptors (Lipinski definition) is 5. The fraction of sp³-hybridized carbons (Fsp3) is 0.379. The summed E-state index contributed by atoms with van der Waals surface area (Å²) in [5, 5.41) is 0. The van der Waals surface area contributed by atoms with Gasteiger partial charge in [0.25, 0.3) is 5.91 Å². The van der Waals surface area contributed by atoms with Crippen molar-refractivity contribution in [1.29, 1.82) is 0 Å². The molecule has 2 heterocycles. The largest absolute Gasteiger partial charge is 0.497 e. The average molecular weight is 490 g/mol. The van der Waals surface area contributed by atoms with E-state index in [9.17, 15) is 4.79 Å². The third kappa shape index (κ3) is 6.65. The normalized spacial score (nSPS) is 15.3. The number of rotatable bonds is 9. The van der Waals surface area contributed by atoms with Crippen LogP contribution in [-0.2, 0) is 13.0 Å². The van der Waals surface area contributed by atoms with Gasteiger partial charge in [-0.3, -0.25) is 14.7 Å². The second kappa shape index (κ2) is 12.2. The summed E-state index contributed by atoms with van der Waals surface area (Å²) in [6.07, 6.45) is 6.84. The number of likely N-dealkylation sites (tertiary alicyclic amines) is 1. The Morgan fingerprint density at radius 2 is 1.89 bits per heavy atom. The second-order valence-electron chi connectivity index (χ2n) is 9.22. The third-order valence-electron chi connectivity index (χ3n) is 6.99. The molecule has 0 bridgehead atoms. The number of likely N-dealkylation sites (N-methyl/N-ethyl adjacent to an activating group) is 1. The lowest BCUT2D eigenvalue weighted by Gasteiger charge is -2.40. The first kappa shape index (κ1) is 25.3. The van der Waals surface area contributed by atoms with Crippen LogP contribution in [0.15, 0.2) is 77.8 Å². The maximum absolute atomic E-state index is 13.1. The summed E-state index contributed by atoms with van der Waals surface area (Å²) in [6, 6.07) is 22.8. The first-order valence-electron chi connectivity index (χ1n) is 12.2. The molecule has 35 heavy (non-hydrogen) atoms. The van der Waals surface area contributed by atoms with Crippen LogP contribution in [-0.4, -0.2) is 60.2 Å². The van der Waals surface area contributed by atoms with Crippen LogP contribution >= 0.6 is 11.8 Å². The molecule has 0 spiro atoms. The Labute approximate surface area is 213 Å². The SMILES string of the molecule is COc1cccc(CC(C2CCN(C(=O)c3ccc(SC)cc3)CC2)N(C)Cc2ccccn2)c1. The Kier molecular flexibility index (Phi) is 8.83. The summed E-state index contributed by atoms with van der Waals surface area (Å²) in [7, 11) is 3.91. The lowest BCUT2D eigenvalue weighted by Crippen LogP contribution is -2.46. The van der Waals surface area contributed by atoms with E-state index in [-0.39, 0.29) is 5.91 Å². The Bertz CT molecular complexity index is 1080. The van der Waals surface area contributed by atoms with E-state index in [1.54, 1.807) is 18.9 Å². The molecule has 1 aliphatic rings. The summed E-state index contributed by atoms with van der Waals surface area (Å²) >= 11 is 1.69. The molecule has 5 nitrogen and oxygen atoms in total. The summed E-state index contributed by atoms with van der Waals surface area (Å²) < 4.78 is 5.47. The van der Waals surface area contributed by atoms with Crippen LogP contribution in [0.2, 0.25) is 0 Å². The lowest BCUT2D eigenvalue weighted by molar-refractivity contribution is 0.0601. The molecule has 1 amide bonds. The number of aromatic nitrogens is 1. The summed E-state index contributed by atoms with van der Waals surface area (Å²) in [4.78, 5) is 23.3. The first-order chi connectivity index (χ1) is 17.1. The third-order valence-corrected chi connectivity index (χ3v) is 7.73.